The van der Waals surface area contributed by atoms with Gasteiger partial charge in [-0.3, -0.25) is 0 Å². The summed E-state index contributed by atoms with van der Waals surface area (Å²) in [6, 6.07) is 0. The molecule has 0 unspecified atom stereocenters. The van der Waals surface area contributed by atoms with Crippen molar-refractivity contribution in [1.82, 2.24) is 10.2 Å². The van der Waals surface area contributed by atoms with Crippen molar-refractivity contribution in [3.63, 3.8) is 0 Å². The standard InChI is InChI=1S/C15H30N2/c1-17(13-15-8-5-9-15)11-10-16-12-14-6-3-2-4-7-14/h14-16H,2-13H2,1H3. The van der Waals surface area contributed by atoms with Crippen LogP contribution in [-0.4, -0.2) is 38.1 Å². The molecule has 0 spiro atoms. The highest BCUT2D eigenvalue weighted by molar-refractivity contribution is 4.73. The fourth-order valence-corrected chi connectivity index (χ4v) is 3.17. The molecule has 0 atom stereocenters. The lowest BCUT2D eigenvalue weighted by Gasteiger charge is -2.30. The van der Waals surface area contributed by atoms with E-state index in [4.69, 9.17) is 0 Å². The normalized spacial score (nSPS) is 22.9. The van der Waals surface area contributed by atoms with Gasteiger partial charge in [-0.2, -0.15) is 0 Å². The van der Waals surface area contributed by atoms with E-state index in [0.29, 0.717) is 0 Å². The number of likely N-dealkylation sites (N-methyl/N-ethyl adjacent to an activating group) is 1. The van der Waals surface area contributed by atoms with Crippen molar-refractivity contribution in [3.8, 4) is 0 Å². The van der Waals surface area contributed by atoms with Crippen LogP contribution in [-0.2, 0) is 0 Å². The quantitative estimate of drug-likeness (QED) is 0.686. The summed E-state index contributed by atoms with van der Waals surface area (Å²) in [4.78, 5) is 2.51. The summed E-state index contributed by atoms with van der Waals surface area (Å²) in [5.74, 6) is 1.99. The van der Waals surface area contributed by atoms with Crippen molar-refractivity contribution in [3.05, 3.63) is 0 Å². The van der Waals surface area contributed by atoms with Gasteiger partial charge < -0.3 is 10.2 Å². The van der Waals surface area contributed by atoms with E-state index in [0.717, 1.165) is 11.8 Å². The Morgan fingerprint density at radius 1 is 0.941 bits per heavy atom. The van der Waals surface area contributed by atoms with Gasteiger partial charge in [0.15, 0.2) is 0 Å². The van der Waals surface area contributed by atoms with Crippen molar-refractivity contribution in [2.24, 2.45) is 11.8 Å². The maximum atomic E-state index is 3.65. The molecule has 0 aromatic carbocycles. The molecule has 1 N–H and O–H groups in total. The Balaban J connectivity index is 1.44. The van der Waals surface area contributed by atoms with E-state index >= 15 is 0 Å². The molecule has 0 bridgehead atoms. The van der Waals surface area contributed by atoms with Gasteiger partial charge in [-0.15, -0.1) is 0 Å². The number of nitrogens with zero attached hydrogens (tertiary/aromatic N) is 1. The lowest BCUT2D eigenvalue weighted by Crippen LogP contribution is -2.36. The Hall–Kier alpha value is -0.0800. The second kappa shape index (κ2) is 7.38. The van der Waals surface area contributed by atoms with Gasteiger partial charge in [0.1, 0.15) is 0 Å². The van der Waals surface area contributed by atoms with Gasteiger partial charge in [0.2, 0.25) is 0 Å². The SMILES string of the molecule is CN(CCNCC1CCCCC1)CC1CCC1. The van der Waals surface area contributed by atoms with Gasteiger partial charge in [0.05, 0.1) is 0 Å². The molecule has 0 aromatic rings. The second-order valence-electron chi connectivity index (χ2n) is 6.27. The average Bonchev–Trinajstić information content (AvgIpc) is 2.31. The molecule has 100 valence electrons. The van der Waals surface area contributed by atoms with Crippen molar-refractivity contribution < 1.29 is 0 Å². The monoisotopic (exact) mass is 238 g/mol. The number of hydrogen-bond acceptors (Lipinski definition) is 2. The maximum Gasteiger partial charge on any atom is 0.0104 e. The van der Waals surface area contributed by atoms with E-state index in [-0.39, 0.29) is 0 Å². The first kappa shape index (κ1) is 13.4. The Kier molecular flexibility index (Phi) is 5.79. The highest BCUT2D eigenvalue weighted by atomic mass is 15.1. The van der Waals surface area contributed by atoms with Gasteiger partial charge >= 0.3 is 0 Å². The molecule has 0 aromatic heterocycles. The van der Waals surface area contributed by atoms with Crippen LogP contribution in [0, 0.1) is 11.8 Å². The Morgan fingerprint density at radius 3 is 2.29 bits per heavy atom. The zero-order chi connectivity index (χ0) is 11.9. The third-order valence-electron chi connectivity index (χ3n) is 4.62. The van der Waals surface area contributed by atoms with Crippen molar-refractivity contribution in [2.45, 2.75) is 51.4 Å². The summed E-state index contributed by atoms with van der Waals surface area (Å²) in [7, 11) is 2.28. The molecule has 2 fully saturated rings. The first-order chi connectivity index (χ1) is 8.34. The zero-order valence-corrected chi connectivity index (χ0v) is 11.6. The summed E-state index contributed by atoms with van der Waals surface area (Å²) < 4.78 is 0. The van der Waals surface area contributed by atoms with Crippen LogP contribution < -0.4 is 5.32 Å². The van der Waals surface area contributed by atoms with E-state index in [9.17, 15) is 0 Å². The molecule has 2 heteroatoms. The minimum Gasteiger partial charge on any atom is -0.315 e. The molecular formula is C15H30N2. The van der Waals surface area contributed by atoms with Crippen LogP contribution >= 0.6 is 0 Å². The summed E-state index contributed by atoms with van der Waals surface area (Å²) in [6.45, 7) is 4.99. The summed E-state index contributed by atoms with van der Waals surface area (Å²) in [6.07, 6.45) is 11.7. The predicted octanol–water partition coefficient (Wildman–Crippen LogP) is 2.89. The van der Waals surface area contributed by atoms with E-state index < -0.39 is 0 Å². The van der Waals surface area contributed by atoms with E-state index in [1.54, 1.807) is 0 Å². The van der Waals surface area contributed by atoms with E-state index in [1.807, 2.05) is 0 Å². The molecule has 0 aliphatic heterocycles. The maximum absolute atomic E-state index is 3.65. The highest BCUT2D eigenvalue weighted by Gasteiger charge is 2.18. The number of nitrogens with one attached hydrogen (secondary N) is 1. The number of hydrogen-bond donors (Lipinski definition) is 1. The van der Waals surface area contributed by atoms with Crippen LogP contribution in [0.15, 0.2) is 0 Å². The smallest absolute Gasteiger partial charge is 0.0104 e. The Labute approximate surface area is 107 Å². The molecule has 2 aliphatic rings. The van der Waals surface area contributed by atoms with Crippen LogP contribution in [0.2, 0.25) is 0 Å². The predicted molar refractivity (Wildman–Crippen MR) is 74.3 cm³/mol. The molecule has 17 heavy (non-hydrogen) atoms. The fourth-order valence-electron chi connectivity index (χ4n) is 3.17. The van der Waals surface area contributed by atoms with E-state index in [2.05, 4.69) is 17.3 Å². The first-order valence-electron chi connectivity index (χ1n) is 7.74. The Bertz CT molecular complexity index is 195. The molecule has 2 nitrogen and oxygen atoms in total. The van der Waals surface area contributed by atoms with Gasteiger partial charge in [-0.05, 0) is 51.1 Å². The average molecular weight is 238 g/mol. The lowest BCUT2D eigenvalue weighted by atomic mass is 9.85. The lowest BCUT2D eigenvalue weighted by molar-refractivity contribution is 0.204. The van der Waals surface area contributed by atoms with Crippen LogP contribution in [0.4, 0.5) is 0 Å². The summed E-state index contributed by atoms with van der Waals surface area (Å²) >= 11 is 0. The van der Waals surface area contributed by atoms with Crippen molar-refractivity contribution in [1.29, 1.82) is 0 Å². The molecule has 2 aliphatic carbocycles. The third-order valence-corrected chi connectivity index (χ3v) is 4.62. The molecule has 0 amide bonds. The summed E-state index contributed by atoms with van der Waals surface area (Å²) in [5.41, 5.74) is 0. The fraction of sp³-hybridized carbons (Fsp3) is 1.00. The second-order valence-corrected chi connectivity index (χ2v) is 6.27. The van der Waals surface area contributed by atoms with E-state index in [1.165, 1.54) is 77.5 Å². The third kappa shape index (κ3) is 4.97. The minimum atomic E-state index is 0.973. The first-order valence-corrected chi connectivity index (χ1v) is 7.74. The molecule has 0 saturated heterocycles. The molecule has 0 heterocycles. The largest absolute Gasteiger partial charge is 0.315 e. The van der Waals surface area contributed by atoms with Crippen LogP contribution in [0.5, 0.6) is 0 Å². The van der Waals surface area contributed by atoms with Crippen LogP contribution in [0.3, 0.4) is 0 Å². The molecule has 2 saturated carbocycles. The van der Waals surface area contributed by atoms with Crippen molar-refractivity contribution in [2.75, 3.05) is 33.2 Å². The summed E-state index contributed by atoms with van der Waals surface area (Å²) in [5, 5.41) is 3.65. The molecule has 0 radical (unpaired) electrons. The van der Waals surface area contributed by atoms with Gasteiger partial charge in [0, 0.05) is 19.6 Å². The van der Waals surface area contributed by atoms with Crippen LogP contribution in [0.25, 0.3) is 0 Å². The minimum absolute atomic E-state index is 0.973. The molecular weight excluding hydrogens is 208 g/mol. The topological polar surface area (TPSA) is 15.3 Å². The van der Waals surface area contributed by atoms with Crippen LogP contribution in [0.1, 0.15) is 51.4 Å². The van der Waals surface area contributed by atoms with Gasteiger partial charge in [0.25, 0.3) is 0 Å². The van der Waals surface area contributed by atoms with Gasteiger partial charge in [-0.25, -0.2) is 0 Å². The molecule has 2 rings (SSSR count). The zero-order valence-electron chi connectivity index (χ0n) is 11.6. The van der Waals surface area contributed by atoms with Gasteiger partial charge in [-0.1, -0.05) is 25.7 Å². The Morgan fingerprint density at radius 2 is 1.65 bits per heavy atom. The number of rotatable bonds is 7. The van der Waals surface area contributed by atoms with Crippen molar-refractivity contribution >= 4 is 0 Å². The highest BCUT2D eigenvalue weighted by Crippen LogP contribution is 2.26.